The third kappa shape index (κ3) is 3.94. The largest absolute Gasteiger partial charge is 0.478 e. The highest BCUT2D eigenvalue weighted by Crippen LogP contribution is 2.22. The lowest BCUT2D eigenvalue weighted by Gasteiger charge is -2.21. The van der Waals surface area contributed by atoms with Gasteiger partial charge in [0.1, 0.15) is 0 Å². The van der Waals surface area contributed by atoms with E-state index in [-0.39, 0.29) is 0 Å². The Bertz CT molecular complexity index is 424. The van der Waals surface area contributed by atoms with Gasteiger partial charge in [-0.1, -0.05) is 18.6 Å². The highest BCUT2D eigenvalue weighted by atomic mass is 16.4. The van der Waals surface area contributed by atoms with E-state index >= 15 is 0 Å². The molecule has 1 N–H and O–H groups in total. The first-order chi connectivity index (χ1) is 8.04. The first-order valence-electron chi connectivity index (χ1n) is 5.77. The Hall–Kier alpha value is -1.77. The van der Waals surface area contributed by atoms with E-state index in [1.54, 1.807) is 6.08 Å². The predicted molar refractivity (Wildman–Crippen MR) is 71.4 cm³/mol. The molecule has 0 aliphatic rings. The standard InChI is InChI=1S/C14H19NO2/c1-4-9-15(3)13-7-5-11(2)10-12(13)6-8-14(16)17/h5-8,10H,4,9H2,1-3H3,(H,16,17)/b8-6+. The minimum Gasteiger partial charge on any atom is -0.478 e. The van der Waals surface area contributed by atoms with Crippen LogP contribution in [0.3, 0.4) is 0 Å². The van der Waals surface area contributed by atoms with E-state index < -0.39 is 5.97 Å². The lowest BCUT2D eigenvalue weighted by atomic mass is 10.1. The minimum absolute atomic E-state index is 0.921. The van der Waals surface area contributed by atoms with Crippen molar-refractivity contribution >= 4 is 17.7 Å². The summed E-state index contributed by atoms with van der Waals surface area (Å²) in [5.41, 5.74) is 3.14. The molecule has 1 aromatic carbocycles. The van der Waals surface area contributed by atoms with Crippen LogP contribution in [0.5, 0.6) is 0 Å². The van der Waals surface area contributed by atoms with Crippen LogP contribution in [0.1, 0.15) is 24.5 Å². The molecular formula is C14H19NO2. The molecule has 0 bridgehead atoms. The van der Waals surface area contributed by atoms with E-state index in [1.165, 1.54) is 6.08 Å². The zero-order valence-corrected chi connectivity index (χ0v) is 10.6. The first kappa shape index (κ1) is 13.3. The molecule has 0 spiro atoms. The summed E-state index contributed by atoms with van der Waals surface area (Å²) in [4.78, 5) is 12.7. The molecule has 0 saturated carbocycles. The number of hydrogen-bond acceptors (Lipinski definition) is 2. The maximum atomic E-state index is 10.6. The second kappa shape index (κ2) is 6.09. The van der Waals surface area contributed by atoms with Gasteiger partial charge in [0, 0.05) is 25.4 Å². The summed E-state index contributed by atoms with van der Waals surface area (Å²) in [5.74, 6) is -0.921. The molecule has 17 heavy (non-hydrogen) atoms. The zero-order chi connectivity index (χ0) is 12.8. The normalized spacial score (nSPS) is 10.8. The minimum atomic E-state index is -0.921. The second-order valence-corrected chi connectivity index (χ2v) is 4.16. The Morgan fingerprint density at radius 1 is 1.47 bits per heavy atom. The Morgan fingerprint density at radius 2 is 2.18 bits per heavy atom. The first-order valence-corrected chi connectivity index (χ1v) is 5.77. The van der Waals surface area contributed by atoms with Gasteiger partial charge in [-0.15, -0.1) is 0 Å². The fraction of sp³-hybridized carbons (Fsp3) is 0.357. The van der Waals surface area contributed by atoms with Crippen LogP contribution in [0.4, 0.5) is 5.69 Å². The molecule has 0 aliphatic heterocycles. The van der Waals surface area contributed by atoms with Gasteiger partial charge in [-0.3, -0.25) is 0 Å². The van der Waals surface area contributed by atoms with Gasteiger partial charge in [0.05, 0.1) is 0 Å². The van der Waals surface area contributed by atoms with Crippen LogP contribution >= 0.6 is 0 Å². The molecule has 92 valence electrons. The number of benzene rings is 1. The van der Waals surface area contributed by atoms with Crippen LogP contribution in [-0.2, 0) is 4.79 Å². The fourth-order valence-electron chi connectivity index (χ4n) is 1.77. The quantitative estimate of drug-likeness (QED) is 0.795. The third-order valence-electron chi connectivity index (χ3n) is 2.56. The average molecular weight is 233 g/mol. The summed E-state index contributed by atoms with van der Waals surface area (Å²) in [6.07, 6.45) is 3.89. The summed E-state index contributed by atoms with van der Waals surface area (Å²) in [7, 11) is 2.02. The summed E-state index contributed by atoms with van der Waals surface area (Å²) in [6.45, 7) is 5.08. The molecule has 1 rings (SSSR count). The van der Waals surface area contributed by atoms with Crippen molar-refractivity contribution in [3.8, 4) is 0 Å². The molecule has 0 saturated heterocycles. The highest BCUT2D eigenvalue weighted by molar-refractivity contribution is 5.87. The Labute approximate surface area is 102 Å². The summed E-state index contributed by atoms with van der Waals surface area (Å²) in [5, 5.41) is 8.68. The van der Waals surface area contributed by atoms with Crippen molar-refractivity contribution in [1.29, 1.82) is 0 Å². The van der Waals surface area contributed by atoms with Crippen molar-refractivity contribution in [2.24, 2.45) is 0 Å². The molecule has 0 fully saturated rings. The highest BCUT2D eigenvalue weighted by Gasteiger charge is 2.05. The number of aliphatic carboxylic acids is 1. The van der Waals surface area contributed by atoms with Gasteiger partial charge >= 0.3 is 5.97 Å². The monoisotopic (exact) mass is 233 g/mol. The number of carboxylic acids is 1. The lowest BCUT2D eigenvalue weighted by molar-refractivity contribution is -0.131. The molecule has 1 aromatic rings. The van der Waals surface area contributed by atoms with E-state index in [0.29, 0.717) is 0 Å². The molecule has 3 nitrogen and oxygen atoms in total. The molecule has 0 aliphatic carbocycles. The second-order valence-electron chi connectivity index (χ2n) is 4.16. The maximum absolute atomic E-state index is 10.6. The summed E-state index contributed by atoms with van der Waals surface area (Å²) < 4.78 is 0. The van der Waals surface area contributed by atoms with Crippen LogP contribution in [0.25, 0.3) is 6.08 Å². The number of anilines is 1. The van der Waals surface area contributed by atoms with Gasteiger partial charge in [0.2, 0.25) is 0 Å². The molecule has 0 amide bonds. The fourth-order valence-corrected chi connectivity index (χ4v) is 1.77. The molecular weight excluding hydrogens is 214 g/mol. The van der Waals surface area contributed by atoms with Crippen molar-refractivity contribution in [3.05, 3.63) is 35.4 Å². The van der Waals surface area contributed by atoms with Gasteiger partial charge in [-0.2, -0.15) is 0 Å². The molecule has 0 radical (unpaired) electrons. The number of hydrogen-bond donors (Lipinski definition) is 1. The van der Waals surface area contributed by atoms with Gasteiger partial charge < -0.3 is 10.0 Å². The Morgan fingerprint density at radius 3 is 2.76 bits per heavy atom. The van der Waals surface area contributed by atoms with Crippen molar-refractivity contribution in [3.63, 3.8) is 0 Å². The maximum Gasteiger partial charge on any atom is 0.328 e. The smallest absolute Gasteiger partial charge is 0.328 e. The van der Waals surface area contributed by atoms with Crippen molar-refractivity contribution < 1.29 is 9.90 Å². The van der Waals surface area contributed by atoms with E-state index in [9.17, 15) is 4.79 Å². The Balaban J connectivity index is 3.07. The van der Waals surface area contributed by atoms with Crippen molar-refractivity contribution in [1.82, 2.24) is 0 Å². The molecule has 3 heteroatoms. The number of carboxylic acid groups (broad SMARTS) is 1. The van der Waals surface area contributed by atoms with Crippen LogP contribution in [0, 0.1) is 6.92 Å². The number of aryl methyl sites for hydroxylation is 1. The van der Waals surface area contributed by atoms with E-state index in [0.717, 1.165) is 29.8 Å². The van der Waals surface area contributed by atoms with Crippen LogP contribution in [0.2, 0.25) is 0 Å². The lowest BCUT2D eigenvalue weighted by Crippen LogP contribution is -2.18. The predicted octanol–water partition coefficient (Wildman–Crippen LogP) is 2.94. The molecule has 0 aromatic heterocycles. The topological polar surface area (TPSA) is 40.5 Å². The molecule has 0 heterocycles. The summed E-state index contributed by atoms with van der Waals surface area (Å²) in [6, 6.07) is 6.08. The van der Waals surface area contributed by atoms with Crippen molar-refractivity contribution in [2.45, 2.75) is 20.3 Å². The van der Waals surface area contributed by atoms with Crippen LogP contribution in [-0.4, -0.2) is 24.7 Å². The average Bonchev–Trinajstić information content (AvgIpc) is 2.26. The van der Waals surface area contributed by atoms with Gasteiger partial charge in [-0.25, -0.2) is 4.79 Å². The van der Waals surface area contributed by atoms with Gasteiger partial charge in [-0.05, 0) is 37.1 Å². The third-order valence-corrected chi connectivity index (χ3v) is 2.56. The van der Waals surface area contributed by atoms with Crippen LogP contribution < -0.4 is 4.90 Å². The van der Waals surface area contributed by atoms with Crippen molar-refractivity contribution in [2.75, 3.05) is 18.5 Å². The SMILES string of the molecule is CCCN(C)c1ccc(C)cc1/C=C/C(=O)O. The number of nitrogens with zero attached hydrogens (tertiary/aromatic N) is 1. The van der Waals surface area contributed by atoms with E-state index in [4.69, 9.17) is 5.11 Å². The van der Waals surface area contributed by atoms with E-state index in [1.807, 2.05) is 32.2 Å². The number of carbonyl (C=O) groups is 1. The van der Waals surface area contributed by atoms with Gasteiger partial charge in [0.25, 0.3) is 0 Å². The Kier molecular flexibility index (Phi) is 4.76. The number of rotatable bonds is 5. The van der Waals surface area contributed by atoms with Gasteiger partial charge in [0.15, 0.2) is 0 Å². The summed E-state index contributed by atoms with van der Waals surface area (Å²) >= 11 is 0. The zero-order valence-electron chi connectivity index (χ0n) is 10.6. The molecule has 0 atom stereocenters. The molecule has 0 unspecified atom stereocenters. The van der Waals surface area contributed by atoms with E-state index in [2.05, 4.69) is 11.8 Å². The van der Waals surface area contributed by atoms with Crippen LogP contribution in [0.15, 0.2) is 24.3 Å².